The first-order valence-corrected chi connectivity index (χ1v) is 9.08. The molecule has 0 spiro atoms. The second kappa shape index (κ2) is 6.41. The minimum atomic E-state index is 0.177. The van der Waals surface area contributed by atoms with Crippen LogP contribution in [0, 0.1) is 0 Å². The number of benzene rings is 1. The second-order valence-corrected chi connectivity index (χ2v) is 7.00. The number of oxazole rings is 1. The predicted molar refractivity (Wildman–Crippen MR) is 95.7 cm³/mol. The maximum Gasteiger partial charge on any atom is 0.298 e. The van der Waals surface area contributed by atoms with Gasteiger partial charge >= 0.3 is 0 Å². The van der Waals surface area contributed by atoms with Crippen LogP contribution in [0.2, 0.25) is 0 Å². The number of aromatic nitrogens is 2. The molecular weight excluding hydrogens is 324 g/mol. The van der Waals surface area contributed by atoms with Crippen LogP contribution in [0.3, 0.4) is 0 Å². The molecule has 6 nitrogen and oxygen atoms in total. The minimum Gasteiger partial charge on any atom is -0.508 e. The molecule has 0 radical (unpaired) electrons. The van der Waals surface area contributed by atoms with Gasteiger partial charge in [0.25, 0.3) is 6.01 Å². The van der Waals surface area contributed by atoms with Gasteiger partial charge in [-0.1, -0.05) is 6.42 Å². The highest BCUT2D eigenvalue weighted by atomic mass is 32.1. The highest BCUT2D eigenvalue weighted by Crippen LogP contribution is 2.36. The van der Waals surface area contributed by atoms with E-state index in [9.17, 15) is 5.11 Å². The zero-order chi connectivity index (χ0) is 16.5. The van der Waals surface area contributed by atoms with E-state index in [4.69, 9.17) is 4.42 Å². The smallest absolute Gasteiger partial charge is 0.298 e. The van der Waals surface area contributed by atoms with Crippen LogP contribution >= 0.6 is 11.3 Å². The normalized spacial score (nSPS) is 18.9. The lowest BCUT2D eigenvalue weighted by Gasteiger charge is -2.22. The third-order valence-corrected chi connectivity index (χ3v) is 5.28. The molecule has 0 amide bonds. The molecule has 4 rings (SSSR count). The summed E-state index contributed by atoms with van der Waals surface area (Å²) in [6, 6.07) is 4.40. The number of thiazole rings is 1. The van der Waals surface area contributed by atoms with Gasteiger partial charge in [0, 0.05) is 36.8 Å². The first-order valence-electron chi connectivity index (χ1n) is 8.20. The number of aromatic hydroxyl groups is 1. The first-order chi connectivity index (χ1) is 11.7. The van der Waals surface area contributed by atoms with Crippen molar-refractivity contribution in [3.8, 4) is 16.3 Å². The fourth-order valence-electron chi connectivity index (χ4n) is 3.21. The van der Waals surface area contributed by atoms with Crippen LogP contribution in [0.25, 0.3) is 21.7 Å². The molecule has 1 aliphatic rings. The van der Waals surface area contributed by atoms with E-state index in [2.05, 4.69) is 20.2 Å². The molecule has 2 N–H and O–H groups in total. The summed E-state index contributed by atoms with van der Waals surface area (Å²) in [5, 5.41) is 16.1. The monoisotopic (exact) mass is 344 g/mol. The van der Waals surface area contributed by atoms with Crippen molar-refractivity contribution in [1.82, 2.24) is 15.3 Å². The Morgan fingerprint density at radius 2 is 2.29 bits per heavy atom. The van der Waals surface area contributed by atoms with Crippen LogP contribution < -0.4 is 10.2 Å². The van der Waals surface area contributed by atoms with Crippen LogP contribution in [0.4, 0.5) is 6.01 Å². The van der Waals surface area contributed by atoms with Crippen LogP contribution in [-0.2, 0) is 0 Å². The number of hydrogen-bond acceptors (Lipinski definition) is 7. The van der Waals surface area contributed by atoms with Crippen LogP contribution in [-0.4, -0.2) is 41.3 Å². The maximum absolute atomic E-state index is 10.0. The van der Waals surface area contributed by atoms with E-state index in [1.165, 1.54) is 24.2 Å². The van der Waals surface area contributed by atoms with Gasteiger partial charge in [0.2, 0.25) is 0 Å². The second-order valence-electron chi connectivity index (χ2n) is 6.10. The fraction of sp³-hybridized carbons (Fsp3) is 0.412. The van der Waals surface area contributed by atoms with E-state index in [1.807, 2.05) is 12.4 Å². The SMILES string of the molecule is CNC1CCCCN(c2nc3cc(O)cc(-c4nccs4)c3o2)C1. The molecular formula is C17H20N4O2S. The third kappa shape index (κ3) is 2.85. The number of nitrogens with zero attached hydrogens (tertiary/aromatic N) is 3. The molecule has 2 aromatic heterocycles. The molecule has 3 heterocycles. The summed E-state index contributed by atoms with van der Waals surface area (Å²) in [5.74, 6) is 0.177. The van der Waals surface area contributed by atoms with Crippen molar-refractivity contribution in [2.24, 2.45) is 0 Å². The molecule has 126 valence electrons. The Balaban J connectivity index is 1.76. The highest BCUT2D eigenvalue weighted by Gasteiger charge is 2.22. The molecule has 0 bridgehead atoms. The van der Waals surface area contributed by atoms with Gasteiger partial charge in [-0.2, -0.15) is 4.98 Å². The van der Waals surface area contributed by atoms with E-state index in [0.717, 1.165) is 30.1 Å². The number of rotatable bonds is 3. The lowest BCUT2D eigenvalue weighted by molar-refractivity contribution is 0.476. The topological polar surface area (TPSA) is 74.4 Å². The Morgan fingerprint density at radius 1 is 1.38 bits per heavy atom. The van der Waals surface area contributed by atoms with E-state index >= 15 is 0 Å². The molecule has 0 aliphatic carbocycles. The summed E-state index contributed by atoms with van der Waals surface area (Å²) in [4.78, 5) is 11.2. The van der Waals surface area contributed by atoms with E-state index in [0.29, 0.717) is 23.2 Å². The number of nitrogens with one attached hydrogen (secondary N) is 1. The lowest BCUT2D eigenvalue weighted by atomic mass is 10.1. The number of phenols is 1. The summed E-state index contributed by atoms with van der Waals surface area (Å²) in [5.41, 5.74) is 2.14. The molecule has 1 aromatic carbocycles. The van der Waals surface area contributed by atoms with Crippen molar-refractivity contribution < 1.29 is 9.52 Å². The van der Waals surface area contributed by atoms with Gasteiger partial charge in [-0.3, -0.25) is 0 Å². The van der Waals surface area contributed by atoms with Crippen LogP contribution in [0.5, 0.6) is 5.75 Å². The van der Waals surface area contributed by atoms with Crippen molar-refractivity contribution in [2.75, 3.05) is 25.0 Å². The van der Waals surface area contributed by atoms with Crippen LogP contribution in [0.15, 0.2) is 28.1 Å². The van der Waals surface area contributed by atoms with Gasteiger partial charge in [0.1, 0.15) is 16.3 Å². The Bertz CT molecular complexity index is 831. The summed E-state index contributed by atoms with van der Waals surface area (Å²) >= 11 is 1.52. The largest absolute Gasteiger partial charge is 0.508 e. The number of fused-ring (bicyclic) bond motifs is 1. The van der Waals surface area contributed by atoms with Crippen molar-refractivity contribution in [2.45, 2.75) is 25.3 Å². The van der Waals surface area contributed by atoms with Gasteiger partial charge in [0.15, 0.2) is 5.58 Å². The summed E-state index contributed by atoms with van der Waals surface area (Å²) in [7, 11) is 2.00. The molecule has 1 fully saturated rings. The summed E-state index contributed by atoms with van der Waals surface area (Å²) in [6.07, 6.45) is 5.24. The molecule has 1 unspecified atom stereocenters. The molecule has 0 saturated carbocycles. The minimum absolute atomic E-state index is 0.177. The lowest BCUT2D eigenvalue weighted by Crippen LogP contribution is -2.38. The molecule has 1 aliphatic heterocycles. The number of anilines is 1. The van der Waals surface area contributed by atoms with Gasteiger partial charge in [-0.25, -0.2) is 4.98 Å². The number of likely N-dealkylation sites (N-methyl/N-ethyl adjacent to an activating group) is 1. The molecule has 24 heavy (non-hydrogen) atoms. The van der Waals surface area contributed by atoms with Crippen molar-refractivity contribution in [3.05, 3.63) is 23.7 Å². The zero-order valence-corrected chi connectivity index (χ0v) is 14.3. The quantitative estimate of drug-likeness (QED) is 0.760. The molecule has 1 saturated heterocycles. The van der Waals surface area contributed by atoms with E-state index < -0.39 is 0 Å². The van der Waals surface area contributed by atoms with Gasteiger partial charge in [0.05, 0.1) is 5.56 Å². The molecule has 7 heteroatoms. The number of hydrogen-bond donors (Lipinski definition) is 2. The standard InChI is InChI=1S/C17H20N4O2S/c1-18-11-4-2-3-6-21(10-11)17-20-14-9-12(22)8-13(15(14)23-17)16-19-5-7-24-16/h5,7-9,11,18,22H,2-4,6,10H2,1H3. The Morgan fingerprint density at radius 3 is 3.08 bits per heavy atom. The summed E-state index contributed by atoms with van der Waals surface area (Å²) in [6.45, 7) is 1.81. The average Bonchev–Trinajstić information content (AvgIpc) is 3.19. The maximum atomic E-state index is 10.0. The third-order valence-electron chi connectivity index (χ3n) is 4.48. The van der Waals surface area contributed by atoms with E-state index in [1.54, 1.807) is 18.3 Å². The molecule has 3 aromatic rings. The van der Waals surface area contributed by atoms with Gasteiger partial charge in [-0.15, -0.1) is 11.3 Å². The Kier molecular flexibility index (Phi) is 4.12. The molecule has 1 atom stereocenters. The Labute approximate surface area is 144 Å². The summed E-state index contributed by atoms with van der Waals surface area (Å²) < 4.78 is 6.11. The van der Waals surface area contributed by atoms with Crippen LogP contribution in [0.1, 0.15) is 19.3 Å². The average molecular weight is 344 g/mol. The Hall–Kier alpha value is -2.12. The fourth-order valence-corrected chi connectivity index (χ4v) is 3.86. The first kappa shape index (κ1) is 15.4. The van der Waals surface area contributed by atoms with E-state index in [-0.39, 0.29) is 5.75 Å². The van der Waals surface area contributed by atoms with Gasteiger partial charge < -0.3 is 19.7 Å². The number of phenolic OH excluding ortho intramolecular Hbond substituents is 1. The van der Waals surface area contributed by atoms with Crippen molar-refractivity contribution in [1.29, 1.82) is 0 Å². The van der Waals surface area contributed by atoms with Gasteiger partial charge in [-0.05, 0) is 26.0 Å². The predicted octanol–water partition coefficient (Wildman–Crippen LogP) is 3.24. The van der Waals surface area contributed by atoms with Crippen molar-refractivity contribution in [3.63, 3.8) is 0 Å². The zero-order valence-electron chi connectivity index (χ0n) is 13.5. The highest BCUT2D eigenvalue weighted by molar-refractivity contribution is 7.13. The van der Waals surface area contributed by atoms with Crippen molar-refractivity contribution >= 4 is 28.5 Å².